The van der Waals surface area contributed by atoms with Crippen molar-refractivity contribution >= 4 is 0 Å². The predicted molar refractivity (Wildman–Crippen MR) is 68.3 cm³/mol. The minimum Gasteiger partial charge on any atom is -0.329 e. The van der Waals surface area contributed by atoms with Crippen molar-refractivity contribution in [1.29, 1.82) is 0 Å². The van der Waals surface area contributed by atoms with Crippen LogP contribution in [0.1, 0.15) is 30.0 Å². The smallest absolute Gasteiger partial charge is 0.0470 e. The second-order valence-electron chi connectivity index (χ2n) is 4.99. The Hall–Kier alpha value is -0.860. The molecule has 1 aliphatic rings. The molecule has 1 unspecified atom stereocenters. The molecule has 1 aromatic carbocycles. The Labute approximate surface area is 98.4 Å². The van der Waals surface area contributed by atoms with Crippen LogP contribution >= 0.6 is 0 Å². The molecule has 1 aliphatic carbocycles. The van der Waals surface area contributed by atoms with Gasteiger partial charge in [0.05, 0.1) is 0 Å². The number of nitrogens with two attached hydrogens (primary N) is 1. The summed E-state index contributed by atoms with van der Waals surface area (Å²) in [6, 6.07) is 8.95. The molecule has 1 atom stereocenters. The van der Waals surface area contributed by atoms with Gasteiger partial charge in [-0.25, -0.2) is 0 Å². The van der Waals surface area contributed by atoms with Gasteiger partial charge in [-0.1, -0.05) is 24.3 Å². The quantitative estimate of drug-likeness (QED) is 0.822. The highest BCUT2D eigenvalue weighted by molar-refractivity contribution is 5.29. The maximum absolute atomic E-state index is 5.93. The van der Waals surface area contributed by atoms with Gasteiger partial charge in [-0.2, -0.15) is 0 Å². The Balaban J connectivity index is 2.11. The van der Waals surface area contributed by atoms with Crippen molar-refractivity contribution in [2.24, 2.45) is 11.7 Å². The normalized spacial score (nSPS) is 17.8. The summed E-state index contributed by atoms with van der Waals surface area (Å²) in [6.07, 6.45) is 2.80. The largest absolute Gasteiger partial charge is 0.329 e. The monoisotopic (exact) mass is 218 g/mol. The van der Waals surface area contributed by atoms with E-state index in [1.165, 1.54) is 30.5 Å². The molecular weight excluding hydrogens is 196 g/mol. The summed E-state index contributed by atoms with van der Waals surface area (Å²) < 4.78 is 0. The molecule has 0 amide bonds. The molecule has 0 bridgehead atoms. The zero-order valence-electron chi connectivity index (χ0n) is 10.3. The van der Waals surface area contributed by atoms with Gasteiger partial charge in [0.15, 0.2) is 0 Å². The minimum absolute atomic E-state index is 0.377. The molecule has 0 radical (unpaired) electrons. The first-order chi connectivity index (χ1) is 7.72. The molecule has 0 saturated heterocycles. The van der Waals surface area contributed by atoms with Crippen LogP contribution in [0.2, 0.25) is 0 Å². The van der Waals surface area contributed by atoms with E-state index < -0.39 is 0 Å². The van der Waals surface area contributed by atoms with E-state index in [1.807, 2.05) is 0 Å². The highest BCUT2D eigenvalue weighted by Crippen LogP contribution is 2.32. The van der Waals surface area contributed by atoms with E-state index in [2.05, 4.69) is 43.1 Å². The van der Waals surface area contributed by atoms with Crippen LogP contribution in [0.3, 0.4) is 0 Å². The van der Waals surface area contributed by atoms with Crippen molar-refractivity contribution in [3.63, 3.8) is 0 Å². The predicted octanol–water partition coefficient (Wildman–Crippen LogP) is 2.34. The number of aryl methyl sites for hydroxylation is 1. The van der Waals surface area contributed by atoms with Crippen LogP contribution < -0.4 is 5.73 Å². The third kappa shape index (κ3) is 2.63. The lowest BCUT2D eigenvalue weighted by atomic mass is 10.00. The second-order valence-corrected chi connectivity index (χ2v) is 4.99. The van der Waals surface area contributed by atoms with Gasteiger partial charge < -0.3 is 5.73 Å². The van der Waals surface area contributed by atoms with Crippen LogP contribution in [0, 0.1) is 12.8 Å². The molecule has 0 aliphatic heterocycles. The van der Waals surface area contributed by atoms with Gasteiger partial charge in [0, 0.05) is 19.1 Å². The molecule has 2 N–H and O–H groups in total. The van der Waals surface area contributed by atoms with Gasteiger partial charge in [0.25, 0.3) is 0 Å². The summed E-state index contributed by atoms with van der Waals surface area (Å²) in [4.78, 5) is 2.42. The molecule has 0 spiro atoms. The third-order valence-electron chi connectivity index (χ3n) is 3.55. The molecule has 1 saturated carbocycles. The van der Waals surface area contributed by atoms with Gasteiger partial charge in [-0.15, -0.1) is 0 Å². The van der Waals surface area contributed by atoms with E-state index in [-0.39, 0.29) is 0 Å². The van der Waals surface area contributed by atoms with Crippen LogP contribution in [0.15, 0.2) is 24.3 Å². The second kappa shape index (κ2) is 4.98. The zero-order chi connectivity index (χ0) is 11.5. The molecule has 0 aromatic heterocycles. The molecular formula is C14H22N2. The van der Waals surface area contributed by atoms with E-state index in [4.69, 9.17) is 5.73 Å². The number of likely N-dealkylation sites (N-methyl/N-ethyl adjacent to an activating group) is 1. The fourth-order valence-electron chi connectivity index (χ4n) is 2.34. The Morgan fingerprint density at radius 1 is 1.38 bits per heavy atom. The minimum atomic E-state index is 0.377. The van der Waals surface area contributed by atoms with E-state index in [0.717, 1.165) is 5.92 Å². The Kier molecular flexibility index (Phi) is 3.62. The van der Waals surface area contributed by atoms with Crippen LogP contribution in [-0.2, 0) is 0 Å². The molecule has 2 nitrogen and oxygen atoms in total. The summed E-state index contributed by atoms with van der Waals surface area (Å²) >= 11 is 0. The van der Waals surface area contributed by atoms with E-state index >= 15 is 0 Å². The summed E-state index contributed by atoms with van der Waals surface area (Å²) in [6.45, 7) is 4.06. The molecule has 2 heteroatoms. The third-order valence-corrected chi connectivity index (χ3v) is 3.55. The lowest BCUT2D eigenvalue weighted by Gasteiger charge is -2.28. The lowest BCUT2D eigenvalue weighted by molar-refractivity contribution is 0.239. The Morgan fingerprint density at radius 2 is 2.06 bits per heavy atom. The van der Waals surface area contributed by atoms with Crippen LogP contribution in [0.4, 0.5) is 0 Å². The van der Waals surface area contributed by atoms with Gasteiger partial charge in [-0.3, -0.25) is 4.90 Å². The standard InChI is InChI=1S/C14H22N2/c1-11-5-3-4-6-13(11)14(9-15)16(2)10-12-7-8-12/h3-6,12,14H,7-10,15H2,1-2H3. The SMILES string of the molecule is Cc1ccccc1C(CN)N(C)CC1CC1. The van der Waals surface area contributed by atoms with Crippen molar-refractivity contribution in [2.45, 2.75) is 25.8 Å². The van der Waals surface area contributed by atoms with Crippen molar-refractivity contribution in [3.05, 3.63) is 35.4 Å². The summed E-state index contributed by atoms with van der Waals surface area (Å²) in [5.74, 6) is 0.920. The number of hydrogen-bond donors (Lipinski definition) is 1. The van der Waals surface area contributed by atoms with Gasteiger partial charge >= 0.3 is 0 Å². The molecule has 2 rings (SSSR count). The van der Waals surface area contributed by atoms with Gasteiger partial charge in [0.2, 0.25) is 0 Å². The average molecular weight is 218 g/mol. The molecule has 1 aromatic rings. The molecule has 16 heavy (non-hydrogen) atoms. The van der Waals surface area contributed by atoms with Crippen LogP contribution in [-0.4, -0.2) is 25.0 Å². The van der Waals surface area contributed by atoms with E-state index in [1.54, 1.807) is 0 Å². The lowest BCUT2D eigenvalue weighted by Crippen LogP contribution is -2.32. The highest BCUT2D eigenvalue weighted by Gasteiger charge is 2.26. The Bertz CT molecular complexity index is 344. The average Bonchev–Trinajstić information content (AvgIpc) is 3.06. The number of rotatable bonds is 5. The van der Waals surface area contributed by atoms with Crippen LogP contribution in [0.5, 0.6) is 0 Å². The van der Waals surface area contributed by atoms with Crippen LogP contribution in [0.25, 0.3) is 0 Å². The van der Waals surface area contributed by atoms with Gasteiger partial charge in [0.1, 0.15) is 0 Å². The first-order valence-corrected chi connectivity index (χ1v) is 6.18. The van der Waals surface area contributed by atoms with Crippen molar-refractivity contribution in [2.75, 3.05) is 20.1 Å². The summed E-state index contributed by atoms with van der Waals surface area (Å²) in [7, 11) is 2.20. The summed E-state index contributed by atoms with van der Waals surface area (Å²) in [5.41, 5.74) is 8.66. The topological polar surface area (TPSA) is 29.3 Å². The molecule has 88 valence electrons. The van der Waals surface area contributed by atoms with E-state index in [9.17, 15) is 0 Å². The Morgan fingerprint density at radius 3 is 2.62 bits per heavy atom. The van der Waals surface area contributed by atoms with E-state index in [0.29, 0.717) is 12.6 Å². The van der Waals surface area contributed by atoms with Crippen molar-refractivity contribution < 1.29 is 0 Å². The number of nitrogens with zero attached hydrogens (tertiary/aromatic N) is 1. The first kappa shape index (κ1) is 11.6. The molecule has 0 heterocycles. The fraction of sp³-hybridized carbons (Fsp3) is 0.571. The fourth-order valence-corrected chi connectivity index (χ4v) is 2.34. The van der Waals surface area contributed by atoms with Crippen molar-refractivity contribution in [1.82, 2.24) is 4.90 Å². The highest BCUT2D eigenvalue weighted by atomic mass is 15.1. The number of hydrogen-bond acceptors (Lipinski definition) is 2. The maximum atomic E-state index is 5.93. The van der Waals surface area contributed by atoms with Crippen molar-refractivity contribution in [3.8, 4) is 0 Å². The molecule has 1 fully saturated rings. The first-order valence-electron chi connectivity index (χ1n) is 6.18. The zero-order valence-corrected chi connectivity index (χ0v) is 10.3. The summed E-state index contributed by atoms with van der Waals surface area (Å²) in [5, 5.41) is 0. The van der Waals surface area contributed by atoms with Gasteiger partial charge in [-0.05, 0) is 43.9 Å². The number of benzene rings is 1. The maximum Gasteiger partial charge on any atom is 0.0470 e.